The number of hydrogen-bond donors (Lipinski definition) is 2. The van der Waals surface area contributed by atoms with E-state index in [0.717, 1.165) is 16.7 Å². The first-order valence-electron chi connectivity index (χ1n) is 14.6. The van der Waals surface area contributed by atoms with Crippen molar-refractivity contribution in [2.75, 3.05) is 26.8 Å². The number of benzene rings is 2. The number of amides is 1. The Morgan fingerprint density at radius 1 is 1.12 bits per heavy atom. The fourth-order valence-corrected chi connectivity index (χ4v) is 6.20. The molecule has 1 aliphatic rings. The highest BCUT2D eigenvalue weighted by Gasteiger charge is 2.41. The third-order valence-corrected chi connectivity index (χ3v) is 8.16. The molecule has 5 rings (SSSR count). The number of likely N-dealkylation sites (tertiary alicyclic amines) is 1. The van der Waals surface area contributed by atoms with E-state index in [9.17, 15) is 23.1 Å². The van der Waals surface area contributed by atoms with Crippen molar-refractivity contribution >= 4 is 16.8 Å². The summed E-state index contributed by atoms with van der Waals surface area (Å²) in [6.45, 7) is 1.57. The van der Waals surface area contributed by atoms with Gasteiger partial charge in [0.15, 0.2) is 0 Å². The van der Waals surface area contributed by atoms with Crippen LogP contribution in [0.2, 0.25) is 0 Å². The fraction of sp³-hybridized carbons (Fsp3) is 0.394. The number of rotatable bonds is 10. The third kappa shape index (κ3) is 7.02. The summed E-state index contributed by atoms with van der Waals surface area (Å²) in [5.41, 5.74) is 9.41. The Bertz CT molecular complexity index is 1530. The zero-order valence-corrected chi connectivity index (χ0v) is 24.2. The maximum Gasteiger partial charge on any atom is 0.418 e. The number of aryl methyl sites for hydroxylation is 1. The van der Waals surface area contributed by atoms with Gasteiger partial charge < -0.3 is 25.0 Å². The van der Waals surface area contributed by atoms with Crippen LogP contribution in [0.3, 0.4) is 0 Å². The van der Waals surface area contributed by atoms with E-state index >= 15 is 0 Å². The molecule has 0 bridgehead atoms. The molecule has 0 radical (unpaired) electrons. The van der Waals surface area contributed by atoms with Crippen LogP contribution in [0, 0.1) is 0 Å². The Labute approximate surface area is 249 Å². The lowest BCUT2D eigenvalue weighted by Crippen LogP contribution is -2.42. The summed E-state index contributed by atoms with van der Waals surface area (Å²) in [6.07, 6.45) is -0.556. The van der Waals surface area contributed by atoms with Crippen molar-refractivity contribution < 1.29 is 27.8 Å². The smallest absolute Gasteiger partial charge is 0.418 e. The summed E-state index contributed by atoms with van der Waals surface area (Å²) in [5.74, 6) is -0.622. The van der Waals surface area contributed by atoms with Crippen LogP contribution < -0.4 is 5.73 Å². The van der Waals surface area contributed by atoms with Crippen LogP contribution in [0.1, 0.15) is 48.4 Å². The fourth-order valence-electron chi connectivity index (χ4n) is 6.20. The molecule has 228 valence electrons. The normalized spacial score (nSPS) is 16.5. The van der Waals surface area contributed by atoms with Gasteiger partial charge in [-0.1, -0.05) is 42.5 Å². The van der Waals surface area contributed by atoms with Crippen LogP contribution in [0.25, 0.3) is 22.0 Å². The molecular weight excluding hydrogens is 557 g/mol. The number of methoxy groups -OCH3 is 1. The lowest BCUT2D eigenvalue weighted by Gasteiger charge is -2.35. The minimum atomic E-state index is -4.52. The van der Waals surface area contributed by atoms with Crippen LogP contribution in [0.15, 0.2) is 66.9 Å². The number of para-hydroxylation sites is 1. The number of piperidine rings is 1. The number of aromatic hydroxyl groups is 1. The standard InChI is InChI=1S/C33H37F3N4O3/c1-43-17-5-16-40-28-8-3-2-7-27(28)31(33(34,35)36)32(40)25-6-4-15-39(21-25)30(42)19-26(37)18-22-9-11-23(12-10-22)24-13-14-29(41)38-20-24/h2-3,7-14,20,25-26H,4-6,15-19,21,37H2,1H3,(H,38,41)/t25?,26-/m1/s1. The van der Waals surface area contributed by atoms with E-state index in [4.69, 9.17) is 10.5 Å². The van der Waals surface area contributed by atoms with Gasteiger partial charge in [0.05, 0.1) is 5.56 Å². The van der Waals surface area contributed by atoms with Crippen LogP contribution in [0.4, 0.5) is 13.2 Å². The summed E-state index contributed by atoms with van der Waals surface area (Å²) in [6, 6.07) is 17.3. The molecule has 1 fully saturated rings. The molecule has 1 saturated heterocycles. The minimum absolute atomic E-state index is 0.0405. The van der Waals surface area contributed by atoms with E-state index in [1.165, 1.54) is 12.1 Å². The number of halogens is 3. The van der Waals surface area contributed by atoms with Crippen LogP contribution in [-0.2, 0) is 28.7 Å². The molecule has 2 aromatic carbocycles. The SMILES string of the molecule is COCCCn1c(C2CCCN(C(=O)C[C@H](N)Cc3ccc(-c4ccc(O)nc4)cc3)C2)c(C(F)(F)F)c2ccccc21. The van der Waals surface area contributed by atoms with Crippen LogP contribution >= 0.6 is 0 Å². The molecule has 10 heteroatoms. The van der Waals surface area contributed by atoms with E-state index in [0.29, 0.717) is 50.9 Å². The number of aromatic nitrogens is 2. The second-order valence-corrected chi connectivity index (χ2v) is 11.2. The zero-order valence-electron chi connectivity index (χ0n) is 24.2. The number of pyridine rings is 1. The first kappa shape index (κ1) is 30.6. The number of alkyl halides is 3. The van der Waals surface area contributed by atoms with E-state index in [1.807, 2.05) is 24.3 Å². The number of carbonyl (C=O) groups is 1. The maximum absolute atomic E-state index is 14.6. The van der Waals surface area contributed by atoms with E-state index in [-0.39, 0.29) is 35.8 Å². The number of fused-ring (bicyclic) bond motifs is 1. The Morgan fingerprint density at radius 2 is 1.86 bits per heavy atom. The van der Waals surface area contributed by atoms with Gasteiger partial charge in [-0.25, -0.2) is 4.98 Å². The van der Waals surface area contributed by atoms with Gasteiger partial charge in [-0.3, -0.25) is 4.79 Å². The van der Waals surface area contributed by atoms with Crippen molar-refractivity contribution in [2.24, 2.45) is 5.73 Å². The monoisotopic (exact) mass is 594 g/mol. The topological polar surface area (TPSA) is 93.6 Å². The second-order valence-electron chi connectivity index (χ2n) is 11.2. The first-order chi connectivity index (χ1) is 20.7. The number of carbonyl (C=O) groups excluding carboxylic acids is 1. The molecule has 3 heterocycles. The minimum Gasteiger partial charge on any atom is -0.493 e. The van der Waals surface area contributed by atoms with Gasteiger partial charge in [0.25, 0.3) is 0 Å². The van der Waals surface area contributed by atoms with Crippen LogP contribution in [-0.4, -0.2) is 58.3 Å². The van der Waals surface area contributed by atoms with Crippen LogP contribution in [0.5, 0.6) is 5.88 Å². The molecule has 1 aliphatic heterocycles. The summed E-state index contributed by atoms with van der Waals surface area (Å²) < 4.78 is 50.6. The third-order valence-electron chi connectivity index (χ3n) is 8.16. The number of nitrogens with two attached hydrogens (primary N) is 1. The zero-order chi connectivity index (χ0) is 30.6. The molecule has 0 spiro atoms. The molecule has 2 atom stereocenters. The molecule has 0 saturated carbocycles. The van der Waals surface area contributed by atoms with Gasteiger partial charge >= 0.3 is 6.18 Å². The predicted molar refractivity (Wildman–Crippen MR) is 160 cm³/mol. The highest BCUT2D eigenvalue weighted by molar-refractivity contribution is 5.86. The van der Waals surface area contributed by atoms with E-state index in [1.54, 1.807) is 47.0 Å². The molecule has 0 aliphatic carbocycles. The summed E-state index contributed by atoms with van der Waals surface area (Å²) in [4.78, 5) is 19.0. The molecule has 7 nitrogen and oxygen atoms in total. The second kappa shape index (κ2) is 13.2. The summed E-state index contributed by atoms with van der Waals surface area (Å²) in [5, 5.41) is 9.60. The van der Waals surface area contributed by atoms with E-state index < -0.39 is 23.7 Å². The van der Waals surface area contributed by atoms with Gasteiger partial charge in [0, 0.05) is 86.2 Å². The van der Waals surface area contributed by atoms with Gasteiger partial charge in [0.1, 0.15) is 0 Å². The molecule has 4 aromatic rings. The lowest BCUT2D eigenvalue weighted by molar-refractivity contribution is -0.137. The Balaban J connectivity index is 1.30. The molecule has 2 aromatic heterocycles. The summed E-state index contributed by atoms with van der Waals surface area (Å²) in [7, 11) is 1.58. The van der Waals surface area contributed by atoms with Gasteiger partial charge in [-0.15, -0.1) is 0 Å². The molecule has 1 amide bonds. The molecule has 3 N–H and O–H groups in total. The summed E-state index contributed by atoms with van der Waals surface area (Å²) >= 11 is 0. The van der Waals surface area contributed by atoms with Gasteiger partial charge in [0.2, 0.25) is 11.8 Å². The van der Waals surface area contributed by atoms with Crippen molar-refractivity contribution in [1.82, 2.24) is 14.5 Å². The Hall–Kier alpha value is -3.89. The van der Waals surface area contributed by atoms with Crippen molar-refractivity contribution in [3.63, 3.8) is 0 Å². The molecule has 1 unspecified atom stereocenters. The largest absolute Gasteiger partial charge is 0.493 e. The quantitative estimate of drug-likeness (QED) is 0.216. The Kier molecular flexibility index (Phi) is 9.37. The lowest BCUT2D eigenvalue weighted by atomic mass is 9.90. The van der Waals surface area contributed by atoms with Crippen molar-refractivity contribution in [3.05, 3.63) is 83.7 Å². The van der Waals surface area contributed by atoms with Crippen molar-refractivity contribution in [1.29, 1.82) is 0 Å². The van der Waals surface area contributed by atoms with Crippen molar-refractivity contribution in [2.45, 2.75) is 56.8 Å². The average molecular weight is 595 g/mol. The highest BCUT2D eigenvalue weighted by atomic mass is 19.4. The number of nitrogens with zero attached hydrogens (tertiary/aromatic N) is 3. The van der Waals surface area contributed by atoms with E-state index in [2.05, 4.69) is 4.98 Å². The van der Waals surface area contributed by atoms with Gasteiger partial charge in [-0.05, 0) is 48.9 Å². The molecule has 43 heavy (non-hydrogen) atoms. The Morgan fingerprint density at radius 3 is 2.56 bits per heavy atom. The maximum atomic E-state index is 14.6. The number of ether oxygens (including phenoxy) is 1. The number of hydrogen-bond acceptors (Lipinski definition) is 5. The predicted octanol–water partition coefficient (Wildman–Crippen LogP) is 6.13. The van der Waals surface area contributed by atoms with Gasteiger partial charge in [-0.2, -0.15) is 13.2 Å². The average Bonchev–Trinajstić information content (AvgIpc) is 3.33. The first-order valence-corrected chi connectivity index (χ1v) is 14.6. The molecular formula is C33H37F3N4O3. The highest BCUT2D eigenvalue weighted by Crippen LogP contribution is 2.44. The van der Waals surface area contributed by atoms with Crippen molar-refractivity contribution in [3.8, 4) is 17.0 Å².